The SMILES string of the molecule is CCCC(C)/C=C\C(O)CC(=O)N[C@@H](C(=O)N[C@@H](C(=O)C[C@H](C(=O)NC(C(=O)C[C@H]1C(=O)N[C@H](COC)C(=O)NCC(=O)N[C@@H](CC(C)C)C(=O)N(C)[C@@H](CCC(N)=O)C(=O)N[C@H]([C@H](OC)c2ccc(O)cc2)C(=O)N(C)[C@@H](C)C(=O)O[C@@H]1C)C(C)C(C)C(N)=O)[C@H](C)N)[C@@H](C)O)[C@H](O)C(N)=O. The second kappa shape index (κ2) is 42.4. The summed E-state index contributed by atoms with van der Waals surface area (Å²) in [6.07, 6.45) is -7.76. The first kappa shape index (κ1) is 89.1. The van der Waals surface area contributed by atoms with E-state index in [9.17, 15) is 82.8 Å². The first-order chi connectivity index (χ1) is 47.5. The van der Waals surface area contributed by atoms with Crippen molar-refractivity contribution in [3.05, 3.63) is 42.0 Å². The number of ether oxygens (including phenoxy) is 3. The van der Waals surface area contributed by atoms with Crippen molar-refractivity contribution in [3.8, 4) is 5.75 Å². The summed E-state index contributed by atoms with van der Waals surface area (Å²) in [5, 5.41) is 59.0. The molecule has 1 fully saturated rings. The zero-order chi connectivity index (χ0) is 77.9. The van der Waals surface area contributed by atoms with E-state index < -0.39 is 242 Å². The molecule has 19 atom stereocenters. The number of hydrogen-bond donors (Lipinski definition) is 15. The van der Waals surface area contributed by atoms with E-state index in [4.69, 9.17) is 37.1 Å². The number of nitrogens with one attached hydrogen (secondary N) is 7. The molecule has 0 aliphatic carbocycles. The third-order valence-electron chi connectivity index (χ3n) is 17.7. The minimum atomic E-state index is -2.43. The highest BCUT2D eigenvalue weighted by atomic mass is 16.5. The molecule has 12 amide bonds. The number of hydrogen-bond acceptors (Lipinski definition) is 23. The summed E-state index contributed by atoms with van der Waals surface area (Å²) < 4.78 is 16.9. The summed E-state index contributed by atoms with van der Waals surface area (Å²) in [6, 6.07) is -10.3. The summed E-state index contributed by atoms with van der Waals surface area (Å²) in [6.45, 7) is 13.1. The number of aliphatic hydroxyl groups is 3. The normalized spacial score (nSPS) is 23.0. The Bertz CT molecular complexity index is 3130. The van der Waals surface area contributed by atoms with Gasteiger partial charge in [-0.05, 0) is 82.4 Å². The van der Waals surface area contributed by atoms with Crippen LogP contribution >= 0.6 is 0 Å². The zero-order valence-corrected chi connectivity index (χ0v) is 60.4. The Morgan fingerprint density at radius 3 is 1.86 bits per heavy atom. The van der Waals surface area contributed by atoms with Crippen LogP contribution in [0, 0.1) is 35.5 Å². The van der Waals surface area contributed by atoms with Crippen molar-refractivity contribution >= 4 is 88.4 Å². The molecule has 572 valence electrons. The van der Waals surface area contributed by atoms with E-state index in [1.165, 1.54) is 72.2 Å². The van der Waals surface area contributed by atoms with Crippen molar-refractivity contribution in [2.45, 2.75) is 206 Å². The lowest BCUT2D eigenvalue weighted by Crippen LogP contribution is -2.61. The lowest BCUT2D eigenvalue weighted by atomic mass is 9.82. The fourth-order valence-corrected chi connectivity index (χ4v) is 11.1. The van der Waals surface area contributed by atoms with Crippen LogP contribution in [-0.4, -0.2) is 239 Å². The Balaban J connectivity index is 2.86. The van der Waals surface area contributed by atoms with Gasteiger partial charge in [0, 0.05) is 59.5 Å². The maximum absolute atomic E-state index is 15.2. The van der Waals surface area contributed by atoms with E-state index in [1.807, 2.05) is 13.8 Å². The van der Waals surface area contributed by atoms with Crippen molar-refractivity contribution in [1.82, 2.24) is 47.0 Å². The summed E-state index contributed by atoms with van der Waals surface area (Å²) in [5.74, 6) is -23.3. The molecule has 1 aliphatic rings. The van der Waals surface area contributed by atoms with Gasteiger partial charge < -0.3 is 105 Å². The standard InChI is InChI=1S/C67H107N13O22/c1-15-16-32(4)17-20-41(83)26-50(87)75-54(56(89)59(71)91)64(96)77-53(37(9)81)48(85)27-42(35(7)68)60(92)76-52(33(5)34(6)58(70)90)47(84)28-43-38(10)102-67(99)36(8)79(11)66(98)55(57(101-14)39-18-21-40(82)22-19-39)78-63(95)46(23-24-49(69)86)80(12)65(97)44(25-31(2)3)73-51(88)29-72-62(94)45(30-100-13)74-61(43)93/h17-22,31-38,41-46,52-57,81-83,89H,15-16,23-30,68H2,1-14H3,(H2,69,86)(H2,70,90)(H2,71,91)(H,72,94)(H,73,88)(H,74,93)(H,75,87)(H,76,92)(H,77,96)(H,78,95)/b20-17-/t32?,33?,34?,35-,36-,37+,38+,41?,42-,43+,44-,45+,46-,52?,53+,54+,55+,56-,57+/m0/s1. The van der Waals surface area contributed by atoms with Crippen LogP contribution in [0.3, 0.4) is 0 Å². The molecule has 0 aromatic heterocycles. The Hall–Kier alpha value is -9.03. The summed E-state index contributed by atoms with van der Waals surface area (Å²) >= 11 is 0. The van der Waals surface area contributed by atoms with Gasteiger partial charge in [0.25, 0.3) is 0 Å². The molecule has 0 radical (unpaired) electrons. The fourth-order valence-electron chi connectivity index (χ4n) is 11.1. The van der Waals surface area contributed by atoms with Gasteiger partial charge in [-0.25, -0.2) is 4.79 Å². The fraction of sp³-hybridized carbons (Fsp3) is 0.657. The number of carbonyl (C=O) groups is 15. The quantitative estimate of drug-likeness (QED) is 0.0230. The monoisotopic (exact) mass is 1450 g/mol. The minimum Gasteiger partial charge on any atom is -0.508 e. The van der Waals surface area contributed by atoms with Crippen molar-refractivity contribution in [2.24, 2.45) is 58.4 Å². The molecule has 102 heavy (non-hydrogen) atoms. The highest BCUT2D eigenvalue weighted by Gasteiger charge is 2.45. The number of nitrogens with two attached hydrogens (primary N) is 4. The Labute approximate surface area is 593 Å². The predicted molar refractivity (Wildman–Crippen MR) is 365 cm³/mol. The average molecular weight is 1450 g/mol. The second-order valence-corrected chi connectivity index (χ2v) is 26.4. The van der Waals surface area contributed by atoms with E-state index in [0.717, 1.165) is 50.6 Å². The molecule has 1 saturated heterocycles. The zero-order valence-electron chi connectivity index (χ0n) is 60.4. The average Bonchev–Trinajstić information content (AvgIpc) is 0.813. The van der Waals surface area contributed by atoms with Gasteiger partial charge in [0.1, 0.15) is 60.3 Å². The molecule has 35 nitrogen and oxygen atoms in total. The molecule has 1 aliphatic heterocycles. The minimum absolute atomic E-state index is 0.0361. The molecule has 2 rings (SSSR count). The van der Waals surface area contributed by atoms with E-state index >= 15 is 9.59 Å². The third kappa shape index (κ3) is 27.4. The van der Waals surface area contributed by atoms with Crippen LogP contribution in [0.1, 0.15) is 132 Å². The van der Waals surface area contributed by atoms with Crippen molar-refractivity contribution < 1.29 is 107 Å². The van der Waals surface area contributed by atoms with Gasteiger partial charge in [-0.1, -0.05) is 72.2 Å². The first-order valence-electron chi connectivity index (χ1n) is 33.6. The number of ketones is 2. The van der Waals surface area contributed by atoms with Gasteiger partial charge in [-0.15, -0.1) is 0 Å². The van der Waals surface area contributed by atoms with Gasteiger partial charge in [0.2, 0.25) is 70.9 Å². The van der Waals surface area contributed by atoms with E-state index in [1.54, 1.807) is 19.9 Å². The van der Waals surface area contributed by atoms with Crippen LogP contribution in [0.25, 0.3) is 0 Å². The Kier molecular flexibility index (Phi) is 37.0. The number of aromatic hydroxyl groups is 1. The number of phenolic OH excluding ortho intramolecular Hbond substituents is 1. The number of rotatable bonds is 34. The molecular formula is C67H107N13O22. The lowest BCUT2D eigenvalue weighted by molar-refractivity contribution is -0.163. The number of nitrogens with zero attached hydrogens (tertiary/aromatic N) is 2. The molecule has 0 spiro atoms. The van der Waals surface area contributed by atoms with Gasteiger partial charge in [-0.2, -0.15) is 0 Å². The molecule has 19 N–H and O–H groups in total. The van der Waals surface area contributed by atoms with Crippen LogP contribution < -0.4 is 60.2 Å². The largest absolute Gasteiger partial charge is 0.508 e. The van der Waals surface area contributed by atoms with Crippen LogP contribution in [0.4, 0.5) is 0 Å². The first-order valence-corrected chi connectivity index (χ1v) is 33.6. The number of methoxy groups -OCH3 is 2. The topological polar surface area (TPSA) is 559 Å². The maximum Gasteiger partial charge on any atom is 0.328 e. The van der Waals surface area contributed by atoms with E-state index in [-0.39, 0.29) is 29.6 Å². The molecule has 35 heteroatoms. The molecule has 1 heterocycles. The summed E-state index contributed by atoms with van der Waals surface area (Å²) in [5.41, 5.74) is 23.1. The maximum atomic E-state index is 15.2. The third-order valence-corrected chi connectivity index (χ3v) is 17.7. The molecular weight excluding hydrogens is 1340 g/mol. The number of benzene rings is 1. The number of esters is 1. The molecule has 1 aromatic rings. The van der Waals surface area contributed by atoms with Crippen LogP contribution in [0.5, 0.6) is 5.75 Å². The van der Waals surface area contributed by atoms with Crippen molar-refractivity contribution in [1.29, 1.82) is 0 Å². The van der Waals surface area contributed by atoms with Crippen molar-refractivity contribution in [2.75, 3.05) is 41.5 Å². The number of aliphatic hydroxyl groups excluding tert-OH is 3. The highest BCUT2D eigenvalue weighted by Crippen LogP contribution is 2.28. The molecule has 1 aromatic carbocycles. The number of likely N-dealkylation sites (N-methyl/N-ethyl adjacent to an activating group) is 2. The number of primary amides is 3. The van der Waals surface area contributed by atoms with E-state index in [0.29, 0.717) is 0 Å². The van der Waals surface area contributed by atoms with Crippen molar-refractivity contribution in [3.63, 3.8) is 0 Å². The molecule has 5 unspecified atom stereocenters. The Morgan fingerprint density at radius 2 is 1.33 bits per heavy atom. The van der Waals surface area contributed by atoms with E-state index in [2.05, 4.69) is 37.2 Å². The number of carbonyl (C=O) groups excluding carboxylic acids is 15. The van der Waals surface area contributed by atoms with Crippen LogP contribution in [0.2, 0.25) is 0 Å². The van der Waals surface area contributed by atoms with Crippen LogP contribution in [-0.2, 0) is 86.1 Å². The number of allylic oxidation sites excluding steroid dienone is 1. The predicted octanol–water partition coefficient (Wildman–Crippen LogP) is -4.09. The molecule has 0 saturated carbocycles. The lowest BCUT2D eigenvalue weighted by Gasteiger charge is -2.36. The van der Waals surface area contributed by atoms with Crippen LogP contribution in [0.15, 0.2) is 36.4 Å². The van der Waals surface area contributed by atoms with Gasteiger partial charge in [-0.3, -0.25) is 67.1 Å². The summed E-state index contributed by atoms with van der Waals surface area (Å²) in [4.78, 5) is 212. The number of Topliss-reactive ketones (excluding diaryl/α,β-unsaturated/α-hetero) is 2. The molecule has 0 bridgehead atoms. The van der Waals surface area contributed by atoms with Gasteiger partial charge in [0.15, 0.2) is 17.7 Å². The van der Waals surface area contributed by atoms with Gasteiger partial charge >= 0.3 is 5.97 Å². The summed E-state index contributed by atoms with van der Waals surface area (Å²) in [7, 11) is 4.68. The van der Waals surface area contributed by atoms with Gasteiger partial charge in [0.05, 0.1) is 49.7 Å². The number of amides is 12. The smallest absolute Gasteiger partial charge is 0.328 e. The second-order valence-electron chi connectivity index (χ2n) is 26.4. The Morgan fingerprint density at radius 1 is 0.725 bits per heavy atom. The number of cyclic esters (lactones) is 1. The number of phenols is 1. The highest BCUT2D eigenvalue weighted by molar-refractivity contribution is 6.01.